The predicted octanol–water partition coefficient (Wildman–Crippen LogP) is 3.24. The quantitative estimate of drug-likeness (QED) is 0.237. The second-order valence-corrected chi connectivity index (χ2v) is 6.85. The van der Waals surface area contributed by atoms with Gasteiger partial charge in [0.25, 0.3) is 5.91 Å². The highest BCUT2D eigenvalue weighted by Crippen LogP contribution is 2.29. The summed E-state index contributed by atoms with van der Waals surface area (Å²) in [5.74, 6) is 0.0286. The maximum atomic E-state index is 12.6. The molecule has 0 fully saturated rings. The number of rotatable bonds is 7. The van der Waals surface area contributed by atoms with E-state index in [9.17, 15) is 9.59 Å². The van der Waals surface area contributed by atoms with Gasteiger partial charge in [-0.2, -0.15) is 5.10 Å². The number of benzene rings is 2. The van der Waals surface area contributed by atoms with Gasteiger partial charge >= 0.3 is 5.97 Å². The van der Waals surface area contributed by atoms with E-state index in [1.165, 1.54) is 45.1 Å². The first-order chi connectivity index (χ1) is 15.0. The van der Waals surface area contributed by atoms with Crippen LogP contribution in [0.4, 0.5) is 0 Å². The molecular formula is C21H17BrN4O5. The zero-order chi connectivity index (χ0) is 22.2. The summed E-state index contributed by atoms with van der Waals surface area (Å²) >= 11 is 3.36. The van der Waals surface area contributed by atoms with Crippen LogP contribution >= 0.6 is 15.9 Å². The van der Waals surface area contributed by atoms with Gasteiger partial charge in [-0.15, -0.1) is 0 Å². The summed E-state index contributed by atoms with van der Waals surface area (Å²) in [7, 11) is 2.98. The second-order valence-electron chi connectivity index (χ2n) is 5.93. The van der Waals surface area contributed by atoms with Crippen LogP contribution < -0.4 is 19.6 Å². The number of carbonyl (C=O) groups excluding carboxylic acids is 2. The minimum absolute atomic E-state index is 0.119. The van der Waals surface area contributed by atoms with Gasteiger partial charge in [-0.25, -0.2) is 15.2 Å². The van der Waals surface area contributed by atoms with E-state index in [1.807, 2.05) is 0 Å². The average molecular weight is 485 g/mol. The molecule has 1 N–H and O–H groups in total. The summed E-state index contributed by atoms with van der Waals surface area (Å²) in [6.45, 7) is 0. The van der Waals surface area contributed by atoms with E-state index in [1.54, 1.807) is 30.3 Å². The summed E-state index contributed by atoms with van der Waals surface area (Å²) in [6, 6.07) is 9.71. The number of aromatic nitrogens is 2. The van der Waals surface area contributed by atoms with Crippen LogP contribution in [0, 0.1) is 0 Å². The number of ether oxygens (including phenoxy) is 3. The minimum atomic E-state index is -0.596. The molecule has 1 amide bonds. The van der Waals surface area contributed by atoms with Crippen LogP contribution in [0.1, 0.15) is 26.4 Å². The number of amides is 1. The Morgan fingerprint density at radius 1 is 1.03 bits per heavy atom. The lowest BCUT2D eigenvalue weighted by atomic mass is 10.2. The van der Waals surface area contributed by atoms with Crippen LogP contribution in [0.25, 0.3) is 0 Å². The molecule has 158 valence electrons. The van der Waals surface area contributed by atoms with Gasteiger partial charge < -0.3 is 14.2 Å². The van der Waals surface area contributed by atoms with Crippen molar-refractivity contribution in [3.8, 4) is 17.2 Å². The van der Waals surface area contributed by atoms with Crippen LogP contribution in [-0.2, 0) is 0 Å². The number of nitrogens with zero attached hydrogens (tertiary/aromatic N) is 3. The van der Waals surface area contributed by atoms with Crippen LogP contribution in [0.3, 0.4) is 0 Å². The van der Waals surface area contributed by atoms with Crippen molar-refractivity contribution in [2.75, 3.05) is 14.2 Å². The van der Waals surface area contributed by atoms with Gasteiger partial charge in [-0.3, -0.25) is 9.78 Å². The highest BCUT2D eigenvalue weighted by atomic mass is 79.9. The van der Waals surface area contributed by atoms with E-state index in [0.29, 0.717) is 17.1 Å². The number of hydrogen-bond donors (Lipinski definition) is 1. The number of nitrogens with one attached hydrogen (secondary N) is 1. The van der Waals surface area contributed by atoms with Crippen LogP contribution in [-0.4, -0.2) is 42.3 Å². The molecule has 3 rings (SSSR count). The largest absolute Gasteiger partial charge is 0.493 e. The monoisotopic (exact) mass is 484 g/mol. The number of esters is 1. The lowest BCUT2D eigenvalue weighted by Gasteiger charge is -2.11. The van der Waals surface area contributed by atoms with Crippen LogP contribution in [0.2, 0.25) is 0 Å². The van der Waals surface area contributed by atoms with E-state index in [0.717, 1.165) is 4.47 Å². The average Bonchev–Trinajstić information content (AvgIpc) is 2.80. The van der Waals surface area contributed by atoms with Crippen molar-refractivity contribution in [2.24, 2.45) is 5.10 Å². The molecule has 0 radical (unpaired) electrons. The highest BCUT2D eigenvalue weighted by molar-refractivity contribution is 9.10. The third-order valence-electron chi connectivity index (χ3n) is 3.96. The van der Waals surface area contributed by atoms with E-state index < -0.39 is 11.9 Å². The number of halogens is 1. The molecule has 0 aliphatic heterocycles. The molecule has 0 spiro atoms. The molecule has 0 bridgehead atoms. The Morgan fingerprint density at radius 3 is 2.52 bits per heavy atom. The van der Waals surface area contributed by atoms with Crippen molar-refractivity contribution in [1.29, 1.82) is 0 Å². The Bertz CT molecular complexity index is 1120. The SMILES string of the molecule is COc1ccc(C(=O)Oc2ccc(Br)cc2/C=N\NC(=O)c2cnccn2)cc1OC. The number of hydrogen-bond acceptors (Lipinski definition) is 8. The second kappa shape index (κ2) is 10.3. The third-order valence-corrected chi connectivity index (χ3v) is 4.45. The zero-order valence-electron chi connectivity index (χ0n) is 16.5. The Kier molecular flexibility index (Phi) is 7.28. The molecule has 9 nitrogen and oxygen atoms in total. The molecular weight excluding hydrogens is 468 g/mol. The molecule has 1 heterocycles. The van der Waals surface area contributed by atoms with Gasteiger partial charge in [0.15, 0.2) is 11.5 Å². The van der Waals surface area contributed by atoms with Crippen molar-refractivity contribution >= 4 is 34.0 Å². The Morgan fingerprint density at radius 2 is 1.81 bits per heavy atom. The molecule has 0 aliphatic rings. The van der Waals surface area contributed by atoms with E-state index in [4.69, 9.17) is 14.2 Å². The molecule has 0 aliphatic carbocycles. The van der Waals surface area contributed by atoms with Gasteiger partial charge in [0.1, 0.15) is 11.4 Å². The van der Waals surface area contributed by atoms with E-state index >= 15 is 0 Å². The minimum Gasteiger partial charge on any atom is -0.493 e. The predicted molar refractivity (Wildman–Crippen MR) is 116 cm³/mol. The molecule has 3 aromatic rings. The van der Waals surface area contributed by atoms with Crippen LogP contribution in [0.5, 0.6) is 17.2 Å². The maximum Gasteiger partial charge on any atom is 0.343 e. The summed E-state index contributed by atoms with van der Waals surface area (Å²) in [5.41, 5.74) is 3.21. The number of hydrazone groups is 1. The van der Waals surface area contributed by atoms with Crippen molar-refractivity contribution in [3.05, 3.63) is 76.3 Å². The maximum absolute atomic E-state index is 12.6. The molecule has 2 aromatic carbocycles. The molecule has 0 saturated heterocycles. The first-order valence-corrected chi connectivity index (χ1v) is 9.64. The first-order valence-electron chi connectivity index (χ1n) is 8.85. The van der Waals surface area contributed by atoms with Crippen molar-refractivity contribution in [3.63, 3.8) is 0 Å². The van der Waals surface area contributed by atoms with Crippen molar-refractivity contribution in [2.45, 2.75) is 0 Å². The van der Waals surface area contributed by atoms with Gasteiger partial charge in [0, 0.05) is 22.4 Å². The lowest BCUT2D eigenvalue weighted by Crippen LogP contribution is -2.19. The highest BCUT2D eigenvalue weighted by Gasteiger charge is 2.15. The summed E-state index contributed by atoms with van der Waals surface area (Å²) < 4.78 is 16.6. The molecule has 0 saturated carbocycles. The van der Waals surface area contributed by atoms with E-state index in [2.05, 4.69) is 36.4 Å². The fourth-order valence-electron chi connectivity index (χ4n) is 2.47. The smallest absolute Gasteiger partial charge is 0.343 e. The van der Waals surface area contributed by atoms with Crippen LogP contribution in [0.15, 0.2) is 64.6 Å². The molecule has 10 heteroatoms. The van der Waals surface area contributed by atoms with Gasteiger partial charge in [-0.05, 0) is 36.4 Å². The summed E-state index contributed by atoms with van der Waals surface area (Å²) in [4.78, 5) is 32.4. The van der Waals surface area contributed by atoms with Crippen molar-refractivity contribution in [1.82, 2.24) is 15.4 Å². The Labute approximate surface area is 186 Å². The van der Waals surface area contributed by atoms with Gasteiger partial charge in [0.05, 0.1) is 32.2 Å². The number of carbonyl (C=O) groups is 2. The Hall–Kier alpha value is -3.79. The van der Waals surface area contributed by atoms with Crippen molar-refractivity contribution < 1.29 is 23.8 Å². The zero-order valence-corrected chi connectivity index (χ0v) is 18.1. The molecule has 0 unspecified atom stereocenters. The first kappa shape index (κ1) is 21.9. The standard InChI is InChI=1S/C21H17BrN4O5/c1-29-18-5-3-13(10-19(18)30-2)21(28)31-17-6-4-15(22)9-14(17)11-25-26-20(27)16-12-23-7-8-24-16/h3-12H,1-2H3,(H,26,27)/b25-11-. The summed E-state index contributed by atoms with van der Waals surface area (Å²) in [5, 5.41) is 3.91. The normalized spacial score (nSPS) is 10.5. The fraction of sp³-hybridized carbons (Fsp3) is 0.0952. The lowest BCUT2D eigenvalue weighted by molar-refractivity contribution is 0.0733. The van der Waals surface area contributed by atoms with Gasteiger partial charge in [0.2, 0.25) is 0 Å². The summed E-state index contributed by atoms with van der Waals surface area (Å²) in [6.07, 6.45) is 5.54. The topological polar surface area (TPSA) is 112 Å². The van der Waals surface area contributed by atoms with E-state index in [-0.39, 0.29) is 17.0 Å². The fourth-order valence-corrected chi connectivity index (χ4v) is 2.85. The Balaban J connectivity index is 1.77. The third kappa shape index (κ3) is 5.64. The van der Waals surface area contributed by atoms with Gasteiger partial charge in [-0.1, -0.05) is 15.9 Å². The number of methoxy groups -OCH3 is 2. The molecule has 0 atom stereocenters. The molecule has 31 heavy (non-hydrogen) atoms. The molecule has 1 aromatic heterocycles.